The monoisotopic (exact) mass is 297 g/mol. The number of nitrogens with one attached hydrogen (secondary N) is 1. The number of esters is 1. The molecule has 2 atom stereocenters. The van der Waals surface area contributed by atoms with Gasteiger partial charge >= 0.3 is 5.97 Å². The first-order valence-electron chi connectivity index (χ1n) is 5.67. The summed E-state index contributed by atoms with van der Waals surface area (Å²) in [5, 5.41) is 3.26. The summed E-state index contributed by atoms with van der Waals surface area (Å²) in [7, 11) is 1.45. The Morgan fingerprint density at radius 3 is 2.82 bits per heavy atom. The number of benzene rings is 1. The average Bonchev–Trinajstić information content (AvgIpc) is 2.75. The molecule has 0 aromatic heterocycles. The predicted octanol–water partition coefficient (Wildman–Crippen LogP) is 2.23. The Morgan fingerprint density at radius 1 is 1.41 bits per heavy atom. The zero-order valence-electron chi connectivity index (χ0n) is 10.00. The van der Waals surface area contributed by atoms with Gasteiger partial charge in [0.05, 0.1) is 13.0 Å². The van der Waals surface area contributed by atoms with E-state index in [1.54, 1.807) is 0 Å². The minimum absolute atomic E-state index is 0.0753. The highest BCUT2D eigenvalue weighted by Crippen LogP contribution is 2.31. The van der Waals surface area contributed by atoms with E-state index in [4.69, 9.17) is 4.74 Å². The molecule has 1 fully saturated rings. The number of carbonyl (C=O) groups is 1. The second kappa shape index (κ2) is 5.19. The van der Waals surface area contributed by atoms with Crippen molar-refractivity contribution in [2.45, 2.75) is 12.8 Å². The highest BCUT2D eigenvalue weighted by molar-refractivity contribution is 9.10. The molecule has 1 aliphatic heterocycles. The minimum Gasteiger partial charge on any atom is -0.469 e. The third-order valence-corrected chi connectivity index (χ3v) is 3.67. The van der Waals surface area contributed by atoms with Gasteiger partial charge < -0.3 is 10.1 Å². The summed E-state index contributed by atoms with van der Waals surface area (Å²) in [6.07, 6.45) is 0. The quantitative estimate of drug-likeness (QED) is 0.851. The maximum Gasteiger partial charge on any atom is 0.310 e. The number of hydrogen-bond acceptors (Lipinski definition) is 3. The molecule has 1 saturated heterocycles. The van der Waals surface area contributed by atoms with Crippen molar-refractivity contribution in [1.29, 1.82) is 0 Å². The lowest BCUT2D eigenvalue weighted by Crippen LogP contribution is -2.23. The van der Waals surface area contributed by atoms with E-state index in [2.05, 4.69) is 46.4 Å². The van der Waals surface area contributed by atoms with Crippen LogP contribution in [-0.4, -0.2) is 26.2 Å². The van der Waals surface area contributed by atoms with Gasteiger partial charge in [-0.1, -0.05) is 22.0 Å². The summed E-state index contributed by atoms with van der Waals surface area (Å²) in [5.74, 6) is 0.00461. The molecule has 2 unspecified atom stereocenters. The van der Waals surface area contributed by atoms with Crippen LogP contribution in [0.15, 0.2) is 22.7 Å². The first kappa shape index (κ1) is 12.6. The average molecular weight is 298 g/mol. The maximum atomic E-state index is 11.7. The number of hydrogen-bond donors (Lipinski definition) is 1. The van der Waals surface area contributed by atoms with Gasteiger partial charge in [-0.25, -0.2) is 0 Å². The van der Waals surface area contributed by atoms with E-state index in [1.807, 2.05) is 0 Å². The van der Waals surface area contributed by atoms with Gasteiger partial charge in [-0.3, -0.25) is 4.79 Å². The second-order valence-electron chi connectivity index (χ2n) is 4.46. The van der Waals surface area contributed by atoms with Gasteiger partial charge in [0.15, 0.2) is 0 Å². The van der Waals surface area contributed by atoms with Gasteiger partial charge in [0.25, 0.3) is 0 Å². The molecule has 1 aliphatic rings. The van der Waals surface area contributed by atoms with Crippen LogP contribution in [0.4, 0.5) is 0 Å². The van der Waals surface area contributed by atoms with Gasteiger partial charge in [-0.05, 0) is 30.2 Å². The molecule has 3 nitrogen and oxygen atoms in total. The van der Waals surface area contributed by atoms with Crippen LogP contribution in [0, 0.1) is 12.8 Å². The number of rotatable bonds is 2. The molecule has 0 saturated carbocycles. The van der Waals surface area contributed by atoms with E-state index in [-0.39, 0.29) is 17.8 Å². The molecule has 4 heteroatoms. The molecular weight excluding hydrogens is 282 g/mol. The lowest BCUT2D eigenvalue weighted by atomic mass is 9.88. The van der Waals surface area contributed by atoms with Gasteiger partial charge in [0.1, 0.15) is 0 Å². The van der Waals surface area contributed by atoms with Gasteiger partial charge in [0, 0.05) is 23.5 Å². The Kier molecular flexibility index (Phi) is 3.84. The molecule has 0 bridgehead atoms. The molecule has 1 heterocycles. The van der Waals surface area contributed by atoms with Gasteiger partial charge in [-0.15, -0.1) is 0 Å². The van der Waals surface area contributed by atoms with E-state index >= 15 is 0 Å². The summed E-state index contributed by atoms with van der Waals surface area (Å²) in [6, 6.07) is 6.29. The number of carbonyl (C=O) groups excluding carboxylic acids is 1. The smallest absolute Gasteiger partial charge is 0.310 e. The summed E-state index contributed by atoms with van der Waals surface area (Å²) in [6.45, 7) is 3.59. The third-order valence-electron chi connectivity index (χ3n) is 3.21. The molecule has 1 aromatic rings. The van der Waals surface area contributed by atoms with Crippen molar-refractivity contribution in [3.8, 4) is 0 Å². The van der Waals surface area contributed by atoms with E-state index in [9.17, 15) is 4.79 Å². The van der Waals surface area contributed by atoms with Crippen LogP contribution in [0.25, 0.3) is 0 Å². The number of aryl methyl sites for hydroxylation is 1. The lowest BCUT2D eigenvalue weighted by Gasteiger charge is -2.17. The van der Waals surface area contributed by atoms with Crippen LogP contribution in [-0.2, 0) is 9.53 Å². The molecule has 0 amide bonds. The Balaban J connectivity index is 2.28. The molecule has 2 rings (SSSR count). The SMILES string of the molecule is COC(=O)C1CNCC1c1cc(C)cc(Br)c1. The third kappa shape index (κ3) is 2.69. The van der Waals surface area contributed by atoms with Crippen LogP contribution in [0.2, 0.25) is 0 Å². The van der Waals surface area contributed by atoms with Crippen molar-refractivity contribution < 1.29 is 9.53 Å². The van der Waals surface area contributed by atoms with Crippen molar-refractivity contribution in [3.05, 3.63) is 33.8 Å². The normalized spacial score (nSPS) is 23.7. The van der Waals surface area contributed by atoms with E-state index in [1.165, 1.54) is 18.2 Å². The Morgan fingerprint density at radius 2 is 2.18 bits per heavy atom. The Bertz CT molecular complexity index is 413. The number of ether oxygens (including phenoxy) is 1. The second-order valence-corrected chi connectivity index (χ2v) is 5.37. The van der Waals surface area contributed by atoms with Crippen molar-refractivity contribution in [2.75, 3.05) is 20.2 Å². The fraction of sp³-hybridized carbons (Fsp3) is 0.462. The molecular formula is C13H16BrNO2. The lowest BCUT2D eigenvalue weighted by molar-refractivity contribution is -0.145. The number of halogens is 1. The van der Waals surface area contributed by atoms with Crippen LogP contribution >= 0.6 is 15.9 Å². The maximum absolute atomic E-state index is 11.7. The highest BCUT2D eigenvalue weighted by Gasteiger charge is 2.34. The Labute approximate surface area is 110 Å². The summed E-state index contributed by atoms with van der Waals surface area (Å²) >= 11 is 3.50. The molecule has 17 heavy (non-hydrogen) atoms. The number of methoxy groups -OCH3 is 1. The minimum atomic E-state index is -0.127. The molecule has 0 aliphatic carbocycles. The van der Waals surface area contributed by atoms with Gasteiger partial charge in [-0.2, -0.15) is 0 Å². The van der Waals surface area contributed by atoms with Crippen LogP contribution in [0.3, 0.4) is 0 Å². The van der Waals surface area contributed by atoms with Crippen molar-refractivity contribution in [1.82, 2.24) is 5.32 Å². The largest absolute Gasteiger partial charge is 0.469 e. The molecule has 1 aromatic carbocycles. The summed E-state index contributed by atoms with van der Waals surface area (Å²) in [5.41, 5.74) is 2.39. The first-order chi connectivity index (χ1) is 8.11. The molecule has 0 spiro atoms. The molecule has 1 N–H and O–H groups in total. The predicted molar refractivity (Wildman–Crippen MR) is 70.0 cm³/mol. The zero-order valence-corrected chi connectivity index (χ0v) is 11.6. The topological polar surface area (TPSA) is 38.3 Å². The standard InChI is InChI=1S/C13H16BrNO2/c1-8-3-9(5-10(14)4-8)11-6-15-7-12(11)13(16)17-2/h3-5,11-12,15H,6-7H2,1-2H3. The van der Waals surface area contributed by atoms with Crippen LogP contribution < -0.4 is 5.32 Å². The highest BCUT2D eigenvalue weighted by atomic mass is 79.9. The van der Waals surface area contributed by atoms with E-state index in [0.717, 1.165) is 11.0 Å². The summed E-state index contributed by atoms with van der Waals surface area (Å²) in [4.78, 5) is 11.7. The fourth-order valence-corrected chi connectivity index (χ4v) is 3.03. The van der Waals surface area contributed by atoms with E-state index < -0.39 is 0 Å². The van der Waals surface area contributed by atoms with Crippen molar-refractivity contribution >= 4 is 21.9 Å². The fourth-order valence-electron chi connectivity index (χ4n) is 2.41. The Hall–Kier alpha value is -0.870. The molecule has 92 valence electrons. The molecule has 0 radical (unpaired) electrons. The van der Waals surface area contributed by atoms with Crippen LogP contribution in [0.5, 0.6) is 0 Å². The van der Waals surface area contributed by atoms with Gasteiger partial charge in [0.2, 0.25) is 0 Å². The van der Waals surface area contributed by atoms with Crippen molar-refractivity contribution in [2.24, 2.45) is 5.92 Å². The summed E-state index contributed by atoms with van der Waals surface area (Å²) < 4.78 is 5.91. The van der Waals surface area contributed by atoms with Crippen LogP contribution in [0.1, 0.15) is 17.0 Å². The van der Waals surface area contributed by atoms with Crippen molar-refractivity contribution in [3.63, 3.8) is 0 Å². The zero-order chi connectivity index (χ0) is 12.4. The van der Waals surface area contributed by atoms with E-state index in [0.29, 0.717) is 6.54 Å². The first-order valence-corrected chi connectivity index (χ1v) is 6.46.